The fraction of sp³-hybridized carbons (Fsp3) is 0.308. The maximum Gasteiger partial charge on any atom is 0.0752 e. The highest BCUT2D eigenvalue weighted by molar-refractivity contribution is 6.35. The predicted octanol–water partition coefficient (Wildman–Crippen LogP) is 3.01. The SMILES string of the molecule is Cc1ccc(Cl)c2c(C)cc(CCN)nc12. The molecule has 0 bridgehead atoms. The summed E-state index contributed by atoms with van der Waals surface area (Å²) in [7, 11) is 0. The predicted molar refractivity (Wildman–Crippen MR) is 69.0 cm³/mol. The molecule has 1 heterocycles. The first-order valence-corrected chi connectivity index (χ1v) is 5.76. The number of nitrogens with zero attached hydrogens (tertiary/aromatic N) is 1. The third-order valence-corrected chi connectivity index (χ3v) is 3.08. The quantitative estimate of drug-likeness (QED) is 0.868. The molecule has 3 heteroatoms. The zero-order valence-corrected chi connectivity index (χ0v) is 10.3. The van der Waals surface area contributed by atoms with E-state index in [0.717, 1.165) is 33.6 Å². The number of rotatable bonds is 2. The van der Waals surface area contributed by atoms with Crippen molar-refractivity contribution in [2.45, 2.75) is 20.3 Å². The number of pyridine rings is 1. The molecule has 1 aromatic heterocycles. The number of halogens is 1. The van der Waals surface area contributed by atoms with Crippen LogP contribution >= 0.6 is 11.6 Å². The molecule has 16 heavy (non-hydrogen) atoms. The van der Waals surface area contributed by atoms with Gasteiger partial charge >= 0.3 is 0 Å². The van der Waals surface area contributed by atoms with E-state index in [9.17, 15) is 0 Å². The molecule has 84 valence electrons. The lowest BCUT2D eigenvalue weighted by Crippen LogP contribution is -2.05. The van der Waals surface area contributed by atoms with Crippen LogP contribution < -0.4 is 5.73 Å². The molecule has 0 spiro atoms. The summed E-state index contributed by atoms with van der Waals surface area (Å²) in [5.41, 5.74) is 9.92. The first kappa shape index (κ1) is 11.4. The third kappa shape index (κ3) is 1.91. The average molecular weight is 235 g/mol. The van der Waals surface area contributed by atoms with Gasteiger partial charge in [-0.3, -0.25) is 4.98 Å². The van der Waals surface area contributed by atoms with Crippen LogP contribution in [-0.4, -0.2) is 11.5 Å². The van der Waals surface area contributed by atoms with Gasteiger partial charge in [-0.05, 0) is 43.7 Å². The normalized spacial score (nSPS) is 11.0. The number of benzene rings is 1. The van der Waals surface area contributed by atoms with Gasteiger partial charge < -0.3 is 5.73 Å². The Hall–Kier alpha value is -1.12. The van der Waals surface area contributed by atoms with Gasteiger partial charge in [0, 0.05) is 17.5 Å². The highest BCUT2D eigenvalue weighted by Crippen LogP contribution is 2.28. The molecule has 2 nitrogen and oxygen atoms in total. The van der Waals surface area contributed by atoms with E-state index in [1.54, 1.807) is 0 Å². The van der Waals surface area contributed by atoms with Gasteiger partial charge in [0.25, 0.3) is 0 Å². The van der Waals surface area contributed by atoms with Gasteiger partial charge in [-0.2, -0.15) is 0 Å². The van der Waals surface area contributed by atoms with Crippen molar-refractivity contribution >= 4 is 22.5 Å². The minimum atomic E-state index is 0.623. The first-order chi connectivity index (χ1) is 7.63. The maximum atomic E-state index is 6.20. The van der Waals surface area contributed by atoms with Gasteiger partial charge in [0.05, 0.1) is 10.5 Å². The summed E-state index contributed by atoms with van der Waals surface area (Å²) in [6.45, 7) is 4.74. The van der Waals surface area contributed by atoms with Crippen LogP contribution in [0.25, 0.3) is 10.9 Å². The summed E-state index contributed by atoms with van der Waals surface area (Å²) < 4.78 is 0. The van der Waals surface area contributed by atoms with Crippen molar-refractivity contribution in [2.24, 2.45) is 5.73 Å². The molecule has 2 N–H and O–H groups in total. The summed E-state index contributed by atoms with van der Waals surface area (Å²) >= 11 is 6.20. The minimum Gasteiger partial charge on any atom is -0.330 e. The van der Waals surface area contributed by atoms with Gasteiger partial charge in [-0.25, -0.2) is 0 Å². The number of hydrogen-bond donors (Lipinski definition) is 1. The molecule has 0 radical (unpaired) electrons. The van der Waals surface area contributed by atoms with Gasteiger partial charge in [-0.1, -0.05) is 17.7 Å². The van der Waals surface area contributed by atoms with Crippen LogP contribution in [0.3, 0.4) is 0 Å². The Morgan fingerprint density at radius 2 is 2.00 bits per heavy atom. The summed E-state index contributed by atoms with van der Waals surface area (Å²) in [5.74, 6) is 0. The Morgan fingerprint density at radius 3 is 2.69 bits per heavy atom. The van der Waals surface area contributed by atoms with E-state index in [-0.39, 0.29) is 0 Å². The molecule has 0 aliphatic carbocycles. The van der Waals surface area contributed by atoms with Crippen molar-refractivity contribution in [1.82, 2.24) is 4.98 Å². The second-order valence-electron chi connectivity index (χ2n) is 4.06. The lowest BCUT2D eigenvalue weighted by Gasteiger charge is -2.09. The van der Waals surface area contributed by atoms with Crippen LogP contribution in [0, 0.1) is 13.8 Å². The number of nitrogens with two attached hydrogens (primary N) is 1. The van der Waals surface area contributed by atoms with Gasteiger partial charge in [-0.15, -0.1) is 0 Å². The molecule has 0 aliphatic heterocycles. The molecule has 1 aromatic carbocycles. The molecule has 0 fully saturated rings. The first-order valence-electron chi connectivity index (χ1n) is 5.39. The summed E-state index contributed by atoms with van der Waals surface area (Å²) in [6.07, 6.45) is 0.808. The molecule has 0 saturated carbocycles. The highest BCUT2D eigenvalue weighted by atomic mass is 35.5. The van der Waals surface area contributed by atoms with Crippen molar-refractivity contribution in [1.29, 1.82) is 0 Å². The second-order valence-corrected chi connectivity index (χ2v) is 4.46. The molecule has 2 aromatic rings. The lowest BCUT2D eigenvalue weighted by atomic mass is 10.0. The number of aromatic nitrogens is 1. The van der Waals surface area contributed by atoms with Crippen LogP contribution in [0.1, 0.15) is 16.8 Å². The second kappa shape index (κ2) is 4.40. The molecule has 0 unspecified atom stereocenters. The Morgan fingerprint density at radius 1 is 1.25 bits per heavy atom. The largest absolute Gasteiger partial charge is 0.330 e. The van der Waals surface area contributed by atoms with Crippen LogP contribution in [0.15, 0.2) is 18.2 Å². The lowest BCUT2D eigenvalue weighted by molar-refractivity contribution is 0.929. The minimum absolute atomic E-state index is 0.623. The van der Waals surface area contributed by atoms with E-state index in [0.29, 0.717) is 6.54 Å². The van der Waals surface area contributed by atoms with Crippen molar-refractivity contribution in [3.63, 3.8) is 0 Å². The molecule has 0 amide bonds. The average Bonchev–Trinajstić information content (AvgIpc) is 2.23. The van der Waals surface area contributed by atoms with E-state index in [2.05, 4.69) is 24.9 Å². The van der Waals surface area contributed by atoms with Crippen LogP contribution in [0.4, 0.5) is 0 Å². The Bertz CT molecular complexity index is 535. The molecular formula is C13H15ClN2. The topological polar surface area (TPSA) is 38.9 Å². The Labute approximate surface area is 100 Å². The Balaban J connectivity index is 2.76. The Kier molecular flexibility index (Phi) is 3.13. The van der Waals surface area contributed by atoms with E-state index >= 15 is 0 Å². The van der Waals surface area contributed by atoms with E-state index < -0.39 is 0 Å². The number of aryl methyl sites for hydroxylation is 2. The van der Waals surface area contributed by atoms with E-state index in [4.69, 9.17) is 17.3 Å². The zero-order chi connectivity index (χ0) is 11.7. The van der Waals surface area contributed by atoms with Crippen molar-refractivity contribution in [3.05, 3.63) is 40.0 Å². The molecule has 0 saturated heterocycles. The maximum absolute atomic E-state index is 6.20. The molecule has 0 aliphatic rings. The zero-order valence-electron chi connectivity index (χ0n) is 9.55. The van der Waals surface area contributed by atoms with Crippen molar-refractivity contribution < 1.29 is 0 Å². The van der Waals surface area contributed by atoms with E-state index in [1.165, 1.54) is 5.56 Å². The fourth-order valence-corrected chi connectivity index (χ4v) is 2.27. The van der Waals surface area contributed by atoms with Crippen LogP contribution in [0.5, 0.6) is 0 Å². The molecule has 2 rings (SSSR count). The van der Waals surface area contributed by atoms with Crippen LogP contribution in [0.2, 0.25) is 5.02 Å². The number of hydrogen-bond acceptors (Lipinski definition) is 2. The number of fused-ring (bicyclic) bond motifs is 1. The molecular weight excluding hydrogens is 220 g/mol. The monoisotopic (exact) mass is 234 g/mol. The standard InChI is InChI=1S/C13H15ClN2/c1-8-3-4-11(14)12-9(2)7-10(5-6-15)16-13(8)12/h3-4,7H,5-6,15H2,1-2H3. The van der Waals surface area contributed by atoms with Crippen molar-refractivity contribution in [3.8, 4) is 0 Å². The summed E-state index contributed by atoms with van der Waals surface area (Å²) in [4.78, 5) is 4.62. The summed E-state index contributed by atoms with van der Waals surface area (Å²) in [6, 6.07) is 6.00. The third-order valence-electron chi connectivity index (χ3n) is 2.76. The van der Waals surface area contributed by atoms with E-state index in [1.807, 2.05) is 12.1 Å². The smallest absolute Gasteiger partial charge is 0.0752 e. The summed E-state index contributed by atoms with van der Waals surface area (Å²) in [5, 5.41) is 1.83. The highest BCUT2D eigenvalue weighted by Gasteiger charge is 2.08. The van der Waals surface area contributed by atoms with Gasteiger partial charge in [0.2, 0.25) is 0 Å². The van der Waals surface area contributed by atoms with Gasteiger partial charge in [0.15, 0.2) is 0 Å². The van der Waals surface area contributed by atoms with Crippen molar-refractivity contribution in [2.75, 3.05) is 6.54 Å². The molecule has 0 atom stereocenters. The van der Waals surface area contributed by atoms with Gasteiger partial charge in [0.1, 0.15) is 0 Å². The fourth-order valence-electron chi connectivity index (χ4n) is 1.96. The van der Waals surface area contributed by atoms with Crippen LogP contribution in [-0.2, 0) is 6.42 Å².